The minimum atomic E-state index is -1.22. The van der Waals surface area contributed by atoms with Gasteiger partial charge in [0.25, 0.3) is 0 Å². The van der Waals surface area contributed by atoms with Gasteiger partial charge in [0.1, 0.15) is 0 Å². The number of aliphatic carboxylic acids is 1. The highest BCUT2D eigenvalue weighted by Crippen LogP contribution is 2.67. The summed E-state index contributed by atoms with van der Waals surface area (Å²) in [5.74, 6) is 1.41. The largest absolute Gasteiger partial charge is 0.479 e. The molecule has 2 N–H and O–H groups in total. The van der Waals surface area contributed by atoms with E-state index in [1.54, 1.807) is 5.57 Å². The maximum atomic E-state index is 11.3. The van der Waals surface area contributed by atoms with Gasteiger partial charge in [-0.05, 0) is 91.8 Å². The molecule has 3 fully saturated rings. The van der Waals surface area contributed by atoms with Crippen LogP contribution in [0.5, 0.6) is 0 Å². The number of aliphatic hydroxyl groups is 1. The molecule has 0 aliphatic heterocycles. The first-order chi connectivity index (χ1) is 12.3. The van der Waals surface area contributed by atoms with Gasteiger partial charge in [0.2, 0.25) is 0 Å². The van der Waals surface area contributed by atoms with E-state index in [1.807, 2.05) is 6.92 Å². The summed E-state index contributed by atoms with van der Waals surface area (Å²) in [4.78, 5) is 11.3. The van der Waals surface area contributed by atoms with Crippen molar-refractivity contribution in [2.75, 3.05) is 0 Å². The van der Waals surface area contributed by atoms with Crippen molar-refractivity contribution < 1.29 is 15.0 Å². The first-order valence-corrected chi connectivity index (χ1v) is 10.9. The van der Waals surface area contributed by atoms with Crippen molar-refractivity contribution >= 4 is 5.97 Å². The van der Waals surface area contributed by atoms with E-state index in [1.165, 1.54) is 51.4 Å². The lowest BCUT2D eigenvalue weighted by atomic mass is 9.47. The van der Waals surface area contributed by atoms with Gasteiger partial charge in [-0.1, -0.05) is 38.8 Å². The van der Waals surface area contributed by atoms with Gasteiger partial charge in [-0.3, -0.25) is 0 Å². The molecule has 0 spiro atoms. The average Bonchev–Trinajstić information content (AvgIpc) is 2.97. The summed E-state index contributed by atoms with van der Waals surface area (Å²) in [6.07, 6.45) is 12.8. The van der Waals surface area contributed by atoms with Gasteiger partial charge in [-0.15, -0.1) is 0 Å². The van der Waals surface area contributed by atoms with E-state index in [0.29, 0.717) is 17.3 Å². The van der Waals surface area contributed by atoms with Crippen LogP contribution in [0.2, 0.25) is 0 Å². The Morgan fingerprint density at radius 3 is 2.65 bits per heavy atom. The van der Waals surface area contributed by atoms with E-state index in [9.17, 15) is 15.0 Å². The minimum Gasteiger partial charge on any atom is -0.479 e. The summed E-state index contributed by atoms with van der Waals surface area (Å²) in [5.41, 5.74) is 2.37. The lowest BCUT2D eigenvalue weighted by Crippen LogP contribution is -2.50. The molecule has 0 heterocycles. The van der Waals surface area contributed by atoms with Gasteiger partial charge in [0, 0.05) is 0 Å². The maximum Gasteiger partial charge on any atom is 0.332 e. The van der Waals surface area contributed by atoms with E-state index in [4.69, 9.17) is 0 Å². The molecule has 0 amide bonds. The van der Waals surface area contributed by atoms with Crippen LogP contribution in [0.4, 0.5) is 0 Å². The van der Waals surface area contributed by atoms with E-state index in [0.717, 1.165) is 18.3 Å². The van der Waals surface area contributed by atoms with Gasteiger partial charge >= 0.3 is 5.97 Å². The number of carboxylic acids is 1. The fourth-order valence-electron chi connectivity index (χ4n) is 8.05. The fraction of sp³-hybridized carbons (Fsp3) is 0.870. The Balaban J connectivity index is 1.60. The SMILES string of the molecule is C[C@H](C(O)C(=O)O)[C@H]1CC[C@H]2[C@@H]3CC=C4CCCC[C@]4(C)[C@H]3CC[C@]12C. The van der Waals surface area contributed by atoms with Crippen LogP contribution in [-0.2, 0) is 4.79 Å². The zero-order valence-electron chi connectivity index (χ0n) is 16.7. The second kappa shape index (κ2) is 6.36. The van der Waals surface area contributed by atoms with Crippen molar-refractivity contribution in [3.8, 4) is 0 Å². The third-order valence-electron chi connectivity index (χ3n) is 9.48. The molecule has 0 bridgehead atoms. The van der Waals surface area contributed by atoms with Crippen molar-refractivity contribution in [2.45, 2.75) is 84.7 Å². The molecule has 8 atom stereocenters. The molecule has 0 aromatic heterocycles. The molecular weight excluding hydrogens is 324 g/mol. The highest BCUT2D eigenvalue weighted by molar-refractivity contribution is 5.72. The molecule has 146 valence electrons. The maximum absolute atomic E-state index is 11.3. The Hall–Kier alpha value is -0.830. The number of carbonyl (C=O) groups is 1. The van der Waals surface area contributed by atoms with Crippen molar-refractivity contribution in [3.05, 3.63) is 11.6 Å². The second-order valence-electron chi connectivity index (χ2n) is 10.3. The molecule has 4 rings (SSSR count). The van der Waals surface area contributed by atoms with Crippen molar-refractivity contribution in [3.63, 3.8) is 0 Å². The van der Waals surface area contributed by atoms with Crippen molar-refractivity contribution in [2.24, 2.45) is 40.4 Å². The molecule has 0 saturated heterocycles. The van der Waals surface area contributed by atoms with Crippen LogP contribution in [0, 0.1) is 40.4 Å². The lowest BCUT2D eigenvalue weighted by molar-refractivity contribution is -0.152. The molecule has 3 saturated carbocycles. The van der Waals surface area contributed by atoms with E-state index in [2.05, 4.69) is 19.9 Å². The third kappa shape index (κ3) is 2.52. The number of rotatable bonds is 3. The van der Waals surface area contributed by atoms with Crippen LogP contribution in [0.3, 0.4) is 0 Å². The number of hydrogen-bond donors (Lipinski definition) is 2. The smallest absolute Gasteiger partial charge is 0.332 e. The van der Waals surface area contributed by atoms with Gasteiger partial charge in [0.05, 0.1) is 0 Å². The van der Waals surface area contributed by atoms with E-state index < -0.39 is 12.1 Å². The highest BCUT2D eigenvalue weighted by atomic mass is 16.4. The van der Waals surface area contributed by atoms with Crippen LogP contribution in [-0.4, -0.2) is 22.3 Å². The molecule has 0 aromatic rings. The topological polar surface area (TPSA) is 57.5 Å². The van der Waals surface area contributed by atoms with Crippen molar-refractivity contribution in [1.29, 1.82) is 0 Å². The molecule has 4 aliphatic carbocycles. The second-order valence-corrected chi connectivity index (χ2v) is 10.3. The summed E-state index contributed by atoms with van der Waals surface area (Å²) < 4.78 is 0. The summed E-state index contributed by atoms with van der Waals surface area (Å²) in [7, 11) is 0. The number of fused-ring (bicyclic) bond motifs is 5. The lowest BCUT2D eigenvalue weighted by Gasteiger charge is -2.58. The molecule has 0 aromatic carbocycles. The first-order valence-electron chi connectivity index (χ1n) is 10.9. The Bertz CT molecular complexity index is 611. The standard InChI is InChI=1S/C23H36O3/c1-14(20(24)21(25)26)17-9-10-18-16-8-7-15-6-4-5-12-22(15,2)19(16)11-13-23(17,18)3/h7,14,16-20,24H,4-6,8-13H2,1-3H3,(H,25,26)/t14-,16-,17+,18-,19-,20?,22-,23+/m0/s1. The normalized spacial score (nSPS) is 47.2. The molecule has 0 radical (unpaired) electrons. The zero-order valence-corrected chi connectivity index (χ0v) is 16.7. The van der Waals surface area contributed by atoms with Gasteiger partial charge < -0.3 is 10.2 Å². The third-order valence-corrected chi connectivity index (χ3v) is 9.48. The van der Waals surface area contributed by atoms with E-state index in [-0.39, 0.29) is 11.3 Å². The Kier molecular flexibility index (Phi) is 4.53. The molecule has 3 heteroatoms. The fourth-order valence-corrected chi connectivity index (χ4v) is 8.05. The van der Waals surface area contributed by atoms with Gasteiger partial charge in [-0.2, -0.15) is 0 Å². The number of allylic oxidation sites excluding steroid dienone is 2. The predicted octanol–water partition coefficient (Wildman–Crippen LogP) is 5.04. The van der Waals surface area contributed by atoms with Crippen LogP contribution in [0.15, 0.2) is 11.6 Å². The van der Waals surface area contributed by atoms with Crippen LogP contribution in [0.1, 0.15) is 78.6 Å². The van der Waals surface area contributed by atoms with Gasteiger partial charge in [-0.25, -0.2) is 4.79 Å². The van der Waals surface area contributed by atoms with Crippen LogP contribution < -0.4 is 0 Å². The predicted molar refractivity (Wildman–Crippen MR) is 103 cm³/mol. The Labute approximate surface area is 158 Å². The minimum absolute atomic E-state index is 0.154. The summed E-state index contributed by atoms with van der Waals surface area (Å²) in [6, 6.07) is 0. The molecular formula is C23H36O3. The van der Waals surface area contributed by atoms with Crippen molar-refractivity contribution in [1.82, 2.24) is 0 Å². The number of carboxylic acid groups (broad SMARTS) is 1. The monoisotopic (exact) mass is 360 g/mol. The summed E-state index contributed by atoms with van der Waals surface area (Å²) in [6.45, 7) is 6.92. The highest BCUT2D eigenvalue weighted by Gasteiger charge is 2.59. The first kappa shape index (κ1) is 18.5. The Morgan fingerprint density at radius 1 is 1.15 bits per heavy atom. The molecule has 1 unspecified atom stereocenters. The number of hydrogen-bond acceptors (Lipinski definition) is 2. The number of aliphatic hydroxyl groups excluding tert-OH is 1. The summed E-state index contributed by atoms with van der Waals surface area (Å²) >= 11 is 0. The summed E-state index contributed by atoms with van der Waals surface area (Å²) in [5, 5.41) is 19.5. The quantitative estimate of drug-likeness (QED) is 0.693. The van der Waals surface area contributed by atoms with E-state index >= 15 is 0 Å². The van der Waals surface area contributed by atoms with Crippen LogP contribution >= 0.6 is 0 Å². The molecule has 26 heavy (non-hydrogen) atoms. The Morgan fingerprint density at radius 2 is 1.92 bits per heavy atom. The zero-order chi connectivity index (χ0) is 18.7. The molecule has 3 nitrogen and oxygen atoms in total. The molecule has 4 aliphatic rings. The van der Waals surface area contributed by atoms with Gasteiger partial charge in [0.15, 0.2) is 6.10 Å². The van der Waals surface area contributed by atoms with Crippen LogP contribution in [0.25, 0.3) is 0 Å². The average molecular weight is 361 g/mol.